The van der Waals surface area contributed by atoms with Gasteiger partial charge < -0.3 is 44.2 Å². The number of carbonyl (C=O) groups excluding carboxylic acids is 2. The number of cyclic esters (lactones) is 1. The second-order valence-electron chi connectivity index (χ2n) is 18.6. The Morgan fingerprint density at radius 2 is 1.75 bits per heavy atom. The number of ether oxygens (including phenoxy) is 3. The number of likely N-dealkylation sites (N-methyl/N-ethyl adjacent to an activating group) is 1. The largest absolute Gasteiger partial charge is 0.462 e. The number of nitrogens with zero attached hydrogens (tertiary/aromatic N) is 7. The lowest BCUT2D eigenvalue weighted by Gasteiger charge is -2.46. The van der Waals surface area contributed by atoms with Crippen molar-refractivity contribution in [1.29, 1.82) is 0 Å². The number of carbonyl (C=O) groups is 2. The van der Waals surface area contributed by atoms with Crippen LogP contribution in [0.15, 0.2) is 66.5 Å². The first-order valence-corrected chi connectivity index (χ1v) is 22.6. The van der Waals surface area contributed by atoms with Crippen LogP contribution in [0.25, 0.3) is 16.6 Å². The molecule has 0 radical (unpaired) electrons. The summed E-state index contributed by atoms with van der Waals surface area (Å²) in [5, 5.41) is 44.5. The molecule has 0 saturated carbocycles. The van der Waals surface area contributed by atoms with E-state index in [9.17, 15) is 24.9 Å². The molecule has 15 heteroatoms. The Bertz CT molecular complexity index is 2010. The molecule has 3 N–H and O–H groups in total. The van der Waals surface area contributed by atoms with Crippen molar-refractivity contribution in [1.82, 2.24) is 34.7 Å². The molecule has 12 atom stereocenters. The highest BCUT2D eigenvalue weighted by Crippen LogP contribution is 2.35. The minimum Gasteiger partial charge on any atom is -0.462 e. The standard InChI is InChI=1S/C48H73N7O8/c1-12-42-36(26-54(11)29(2)3)21-30(4)17-18-40(56)31(5)22-35(19-20-53(10)27-37-28-55(51-50-37)38-23-34-15-13-14-16-39(34)49-25-38)47(32(6)41(57)24-43(58)62-42)63-48-46(60)44(52(8)9)45(59)33(7)61-48/h13-18,21,23,25,28-29,31-33,35-36,41-42,44-48,57,59-60H,12,19-20,22,24,26-27H2,1-11H3/b18-17+,30-21+/t31-,32+,33-,35+,36-,41-,42-,44+,45-,46-,47-,48+/m1/s1. The fourth-order valence-corrected chi connectivity index (χ4v) is 8.82. The fourth-order valence-electron chi connectivity index (χ4n) is 8.82. The van der Waals surface area contributed by atoms with Crippen molar-refractivity contribution in [3.8, 4) is 5.69 Å². The first kappa shape index (κ1) is 50.1. The molecule has 0 aliphatic carbocycles. The third-order valence-electron chi connectivity index (χ3n) is 13.0. The number of pyridine rings is 1. The van der Waals surface area contributed by atoms with E-state index in [1.54, 1.807) is 42.9 Å². The van der Waals surface area contributed by atoms with Gasteiger partial charge in [-0.3, -0.25) is 14.6 Å². The Labute approximate surface area is 374 Å². The molecule has 2 aliphatic heterocycles. The zero-order chi connectivity index (χ0) is 46.1. The first-order chi connectivity index (χ1) is 29.9. The number of para-hydroxylation sites is 1. The Hall–Kier alpha value is -3.93. The van der Waals surface area contributed by atoms with Crippen LogP contribution in [0, 0.1) is 23.7 Å². The van der Waals surface area contributed by atoms with E-state index in [0.29, 0.717) is 38.9 Å². The van der Waals surface area contributed by atoms with E-state index < -0.39 is 66.8 Å². The highest BCUT2D eigenvalue weighted by atomic mass is 16.7. The topological polar surface area (TPSA) is 176 Å². The maximum atomic E-state index is 14.0. The molecule has 0 amide bonds. The number of rotatable bonds is 13. The summed E-state index contributed by atoms with van der Waals surface area (Å²) in [5.41, 5.74) is 3.33. The lowest BCUT2D eigenvalue weighted by atomic mass is 9.79. The Morgan fingerprint density at radius 1 is 1.02 bits per heavy atom. The second kappa shape index (κ2) is 22.8. The maximum Gasteiger partial charge on any atom is 0.308 e. The number of aromatic nitrogens is 4. The van der Waals surface area contributed by atoms with E-state index in [-0.39, 0.29) is 30.1 Å². The van der Waals surface area contributed by atoms with Crippen molar-refractivity contribution >= 4 is 22.7 Å². The first-order valence-electron chi connectivity index (χ1n) is 22.6. The molecule has 15 nitrogen and oxygen atoms in total. The van der Waals surface area contributed by atoms with Gasteiger partial charge in [-0.25, -0.2) is 4.68 Å². The minimum absolute atomic E-state index is 0.0485. The highest BCUT2D eigenvalue weighted by Gasteiger charge is 2.47. The van der Waals surface area contributed by atoms with Gasteiger partial charge in [-0.05, 0) is 106 Å². The Morgan fingerprint density at radius 3 is 2.44 bits per heavy atom. The van der Waals surface area contributed by atoms with Crippen LogP contribution in [0.1, 0.15) is 79.8 Å². The molecule has 0 bridgehead atoms. The molecule has 1 aromatic carbocycles. The van der Waals surface area contributed by atoms with E-state index in [1.165, 1.54) is 0 Å². The molecule has 5 rings (SSSR count). The average Bonchev–Trinajstić information content (AvgIpc) is 3.71. The minimum atomic E-state index is -1.24. The summed E-state index contributed by atoms with van der Waals surface area (Å²) >= 11 is 0. The van der Waals surface area contributed by atoms with E-state index >= 15 is 0 Å². The third-order valence-corrected chi connectivity index (χ3v) is 13.0. The van der Waals surface area contributed by atoms with Crippen LogP contribution in [-0.4, -0.2) is 158 Å². The van der Waals surface area contributed by atoms with E-state index in [1.807, 2.05) is 84.4 Å². The number of esters is 1. The molecule has 0 spiro atoms. The van der Waals surface area contributed by atoms with Gasteiger partial charge in [0.15, 0.2) is 12.1 Å². The zero-order valence-corrected chi connectivity index (χ0v) is 39.2. The Balaban J connectivity index is 1.45. The number of aliphatic hydroxyl groups is 3. The van der Waals surface area contributed by atoms with Crippen LogP contribution in [-0.2, 0) is 30.3 Å². The smallest absolute Gasteiger partial charge is 0.308 e. The number of ketones is 1. The summed E-state index contributed by atoms with van der Waals surface area (Å²) in [6, 6.07) is 9.48. The molecule has 2 aromatic heterocycles. The number of fused-ring (bicyclic) bond motifs is 1. The molecular weight excluding hydrogens is 803 g/mol. The molecule has 2 aliphatic rings. The molecule has 4 heterocycles. The van der Waals surface area contributed by atoms with E-state index in [0.717, 1.165) is 27.9 Å². The molecule has 3 aromatic rings. The van der Waals surface area contributed by atoms with Gasteiger partial charge in [0.05, 0.1) is 66.2 Å². The molecule has 63 heavy (non-hydrogen) atoms. The number of allylic oxidation sites excluding steroid dienone is 3. The molecular formula is C48H73N7O8. The van der Waals surface area contributed by atoms with Crippen LogP contribution in [0.4, 0.5) is 0 Å². The maximum absolute atomic E-state index is 14.0. The van der Waals surface area contributed by atoms with Gasteiger partial charge in [-0.1, -0.05) is 61.9 Å². The van der Waals surface area contributed by atoms with Crippen molar-refractivity contribution in [3.05, 3.63) is 72.2 Å². The number of benzene rings is 1. The normalized spacial score (nSPS) is 32.1. The van der Waals surface area contributed by atoms with E-state index in [2.05, 4.69) is 45.0 Å². The second-order valence-corrected chi connectivity index (χ2v) is 18.6. The molecule has 1 fully saturated rings. The van der Waals surface area contributed by atoms with Crippen LogP contribution in [0.5, 0.6) is 0 Å². The summed E-state index contributed by atoms with van der Waals surface area (Å²) < 4.78 is 20.8. The quantitative estimate of drug-likeness (QED) is 0.200. The van der Waals surface area contributed by atoms with Gasteiger partial charge in [0.2, 0.25) is 0 Å². The summed E-state index contributed by atoms with van der Waals surface area (Å²) in [5.74, 6) is -2.19. The van der Waals surface area contributed by atoms with Gasteiger partial charge in [0, 0.05) is 42.3 Å². The average molecular weight is 876 g/mol. The monoisotopic (exact) mass is 876 g/mol. The summed E-state index contributed by atoms with van der Waals surface area (Å²) in [6.45, 7) is 15.3. The lowest BCUT2D eigenvalue weighted by molar-refractivity contribution is -0.304. The summed E-state index contributed by atoms with van der Waals surface area (Å²) in [6.07, 6.45) is 3.86. The van der Waals surface area contributed by atoms with Crippen molar-refractivity contribution in [2.45, 2.75) is 136 Å². The van der Waals surface area contributed by atoms with Gasteiger partial charge in [0.1, 0.15) is 12.2 Å². The SMILES string of the molecule is CC[C@H]1OC(=O)C[C@@H](O)[C@H](C)[C@@H](O[C@@H]2O[C@H](C)[C@@H](O)[C@H](N(C)C)[C@H]2O)[C@@H](CCN(C)Cc2cn(-c3cnc4ccccc4c3)nn2)C[C@@H](C)C(=O)/C=C/C(C)=C/[C@@H]1CN(C)C(C)C. The van der Waals surface area contributed by atoms with Crippen molar-refractivity contribution < 1.29 is 39.1 Å². The van der Waals surface area contributed by atoms with Gasteiger partial charge in [-0.2, -0.15) is 0 Å². The van der Waals surface area contributed by atoms with Crippen molar-refractivity contribution in [3.63, 3.8) is 0 Å². The van der Waals surface area contributed by atoms with Crippen LogP contribution in [0.2, 0.25) is 0 Å². The van der Waals surface area contributed by atoms with Gasteiger partial charge in [-0.15, -0.1) is 5.10 Å². The summed E-state index contributed by atoms with van der Waals surface area (Å²) in [7, 11) is 7.57. The van der Waals surface area contributed by atoms with Crippen LogP contribution >= 0.6 is 0 Å². The van der Waals surface area contributed by atoms with Crippen molar-refractivity contribution in [2.75, 3.05) is 41.3 Å². The van der Waals surface area contributed by atoms with Gasteiger partial charge in [0.25, 0.3) is 0 Å². The third kappa shape index (κ3) is 13.3. The van der Waals surface area contributed by atoms with Crippen molar-refractivity contribution in [2.24, 2.45) is 23.7 Å². The molecule has 1 saturated heterocycles. The summed E-state index contributed by atoms with van der Waals surface area (Å²) in [4.78, 5) is 38.4. The van der Waals surface area contributed by atoms with Crippen LogP contribution < -0.4 is 0 Å². The van der Waals surface area contributed by atoms with E-state index in [4.69, 9.17) is 14.2 Å². The Kier molecular flexibility index (Phi) is 18.1. The predicted molar refractivity (Wildman–Crippen MR) is 243 cm³/mol. The fraction of sp³-hybridized carbons (Fsp3) is 0.646. The number of hydrogen-bond acceptors (Lipinski definition) is 14. The predicted octanol–water partition coefficient (Wildman–Crippen LogP) is 4.81. The molecule has 348 valence electrons. The lowest BCUT2D eigenvalue weighted by Crippen LogP contribution is -2.63. The van der Waals surface area contributed by atoms with Crippen LogP contribution in [0.3, 0.4) is 0 Å². The van der Waals surface area contributed by atoms with Gasteiger partial charge >= 0.3 is 5.97 Å². The number of aliphatic hydroxyl groups excluding tert-OH is 3. The zero-order valence-electron chi connectivity index (χ0n) is 39.2. The number of hydrogen-bond donors (Lipinski definition) is 3. The molecule has 0 unspecified atom stereocenters. The highest BCUT2D eigenvalue weighted by molar-refractivity contribution is 5.91.